The summed E-state index contributed by atoms with van der Waals surface area (Å²) in [7, 11) is 0. The summed E-state index contributed by atoms with van der Waals surface area (Å²) in [5, 5.41) is 14.0. The lowest BCUT2D eigenvalue weighted by Crippen LogP contribution is -2.36. The van der Waals surface area contributed by atoms with Gasteiger partial charge in [-0.15, -0.1) is 10.2 Å². The molecule has 4 heterocycles. The Morgan fingerprint density at radius 2 is 1.96 bits per heavy atom. The molecule has 1 aromatic carbocycles. The summed E-state index contributed by atoms with van der Waals surface area (Å²) in [5.74, 6) is 0.832. The third kappa shape index (κ3) is 3.00. The van der Waals surface area contributed by atoms with E-state index in [0.717, 1.165) is 54.4 Å². The van der Waals surface area contributed by atoms with E-state index in [1.54, 1.807) is 10.7 Å². The number of pyridine rings is 1. The Labute approximate surface area is 156 Å². The molecule has 4 aromatic rings. The van der Waals surface area contributed by atoms with Crippen LogP contribution in [-0.4, -0.2) is 51.1 Å². The van der Waals surface area contributed by atoms with E-state index >= 15 is 0 Å². The highest BCUT2D eigenvalue weighted by atomic mass is 16.5. The van der Waals surface area contributed by atoms with Gasteiger partial charge in [-0.1, -0.05) is 6.07 Å². The molecule has 1 aliphatic heterocycles. The first kappa shape index (κ1) is 16.1. The molecule has 1 saturated heterocycles. The van der Waals surface area contributed by atoms with Crippen LogP contribution < -0.4 is 4.90 Å². The molecule has 0 atom stereocenters. The van der Waals surface area contributed by atoms with Crippen LogP contribution in [0, 0.1) is 6.92 Å². The molecule has 1 fully saturated rings. The number of fused-ring (bicyclic) bond motifs is 2. The van der Waals surface area contributed by atoms with Gasteiger partial charge in [-0.25, -0.2) is 0 Å². The predicted molar refractivity (Wildman–Crippen MR) is 103 cm³/mol. The third-order valence-corrected chi connectivity index (χ3v) is 5.00. The summed E-state index contributed by atoms with van der Waals surface area (Å²) in [5.41, 5.74) is 5.20. The van der Waals surface area contributed by atoms with Crippen molar-refractivity contribution in [3.8, 4) is 0 Å². The summed E-state index contributed by atoms with van der Waals surface area (Å²) >= 11 is 0. The van der Waals surface area contributed by atoms with Crippen molar-refractivity contribution in [3.05, 3.63) is 59.7 Å². The molecule has 0 amide bonds. The molecule has 27 heavy (non-hydrogen) atoms. The van der Waals surface area contributed by atoms with E-state index in [4.69, 9.17) is 9.72 Å². The zero-order valence-corrected chi connectivity index (χ0v) is 15.2. The highest BCUT2D eigenvalue weighted by molar-refractivity contribution is 5.83. The molecule has 7 heteroatoms. The van der Waals surface area contributed by atoms with E-state index in [-0.39, 0.29) is 0 Å². The third-order valence-electron chi connectivity index (χ3n) is 5.00. The van der Waals surface area contributed by atoms with Crippen LogP contribution >= 0.6 is 0 Å². The maximum Gasteiger partial charge on any atom is 0.177 e. The standard InChI is InChI=1S/C20H20N6O/c1-14-18(25-7-9-27-10-8-25)13-16-11-15(4-5-17(16)22-14)12-20-24-23-19-3-2-6-21-26(19)20/h2-6,11,13H,7-10,12H2,1H3. The zero-order chi connectivity index (χ0) is 18.2. The quantitative estimate of drug-likeness (QED) is 0.559. The van der Waals surface area contributed by atoms with Crippen molar-refractivity contribution < 1.29 is 4.74 Å². The monoisotopic (exact) mass is 360 g/mol. The van der Waals surface area contributed by atoms with Crippen LogP contribution in [0.4, 0.5) is 5.69 Å². The van der Waals surface area contributed by atoms with Crippen molar-refractivity contribution in [2.75, 3.05) is 31.2 Å². The maximum absolute atomic E-state index is 5.48. The van der Waals surface area contributed by atoms with Gasteiger partial charge in [-0.05, 0) is 42.8 Å². The summed E-state index contributed by atoms with van der Waals surface area (Å²) in [6.07, 6.45) is 2.43. The highest BCUT2D eigenvalue weighted by Crippen LogP contribution is 2.26. The van der Waals surface area contributed by atoms with Crippen LogP contribution in [0.5, 0.6) is 0 Å². The largest absolute Gasteiger partial charge is 0.378 e. The van der Waals surface area contributed by atoms with Crippen molar-refractivity contribution in [3.63, 3.8) is 0 Å². The number of nitrogens with zero attached hydrogens (tertiary/aromatic N) is 6. The van der Waals surface area contributed by atoms with Crippen LogP contribution in [0.2, 0.25) is 0 Å². The van der Waals surface area contributed by atoms with E-state index < -0.39 is 0 Å². The summed E-state index contributed by atoms with van der Waals surface area (Å²) < 4.78 is 7.27. The zero-order valence-electron chi connectivity index (χ0n) is 15.2. The SMILES string of the molecule is Cc1nc2ccc(Cc3nnc4cccnn34)cc2cc1N1CCOCC1. The van der Waals surface area contributed by atoms with E-state index in [1.807, 2.05) is 12.1 Å². The predicted octanol–water partition coefficient (Wildman–Crippen LogP) is 2.41. The number of rotatable bonds is 3. The minimum Gasteiger partial charge on any atom is -0.378 e. The van der Waals surface area contributed by atoms with Crippen LogP contribution in [0.25, 0.3) is 16.6 Å². The number of ether oxygens (including phenoxy) is 1. The maximum atomic E-state index is 5.48. The lowest BCUT2D eigenvalue weighted by molar-refractivity contribution is 0.122. The topological polar surface area (TPSA) is 68.4 Å². The van der Waals surface area contributed by atoms with Crippen LogP contribution in [0.1, 0.15) is 17.1 Å². The van der Waals surface area contributed by atoms with Gasteiger partial charge in [0.2, 0.25) is 0 Å². The Hall–Kier alpha value is -3.06. The Kier molecular flexibility index (Phi) is 3.94. The average molecular weight is 360 g/mol. The fraction of sp³-hybridized carbons (Fsp3) is 0.300. The van der Waals surface area contributed by atoms with Crippen molar-refractivity contribution in [2.45, 2.75) is 13.3 Å². The first-order chi connectivity index (χ1) is 13.3. The van der Waals surface area contributed by atoms with Crippen molar-refractivity contribution in [1.82, 2.24) is 24.8 Å². The molecule has 0 spiro atoms. The summed E-state index contributed by atoms with van der Waals surface area (Å²) in [6, 6.07) is 12.4. The second kappa shape index (κ2) is 6.59. The van der Waals surface area contributed by atoms with Gasteiger partial charge in [-0.3, -0.25) is 4.98 Å². The van der Waals surface area contributed by atoms with Gasteiger partial charge >= 0.3 is 0 Å². The Balaban J connectivity index is 1.51. The molecule has 0 unspecified atom stereocenters. The smallest absolute Gasteiger partial charge is 0.177 e. The Morgan fingerprint density at radius 3 is 2.85 bits per heavy atom. The number of aromatic nitrogens is 5. The van der Waals surface area contributed by atoms with Gasteiger partial charge in [0.05, 0.1) is 30.1 Å². The molecule has 0 radical (unpaired) electrons. The molecular weight excluding hydrogens is 340 g/mol. The van der Waals surface area contributed by atoms with E-state index in [2.05, 4.69) is 51.4 Å². The fourth-order valence-electron chi connectivity index (χ4n) is 3.63. The highest BCUT2D eigenvalue weighted by Gasteiger charge is 2.15. The summed E-state index contributed by atoms with van der Waals surface area (Å²) in [4.78, 5) is 7.17. The number of anilines is 1. The number of aryl methyl sites for hydroxylation is 1. The Morgan fingerprint density at radius 1 is 1.07 bits per heavy atom. The molecule has 0 bridgehead atoms. The van der Waals surface area contributed by atoms with Gasteiger partial charge in [-0.2, -0.15) is 9.61 Å². The summed E-state index contributed by atoms with van der Waals surface area (Å²) in [6.45, 7) is 5.43. The van der Waals surface area contributed by atoms with E-state index in [9.17, 15) is 0 Å². The minimum atomic E-state index is 0.675. The van der Waals surface area contributed by atoms with Gasteiger partial charge in [0.1, 0.15) is 0 Å². The first-order valence-corrected chi connectivity index (χ1v) is 9.16. The fourth-order valence-corrected chi connectivity index (χ4v) is 3.63. The van der Waals surface area contributed by atoms with Gasteiger partial charge in [0.15, 0.2) is 11.5 Å². The lowest BCUT2D eigenvalue weighted by Gasteiger charge is -2.30. The second-order valence-corrected chi connectivity index (χ2v) is 6.81. The van der Waals surface area contributed by atoms with Crippen LogP contribution in [0.3, 0.4) is 0 Å². The van der Waals surface area contributed by atoms with Crippen LogP contribution in [0.15, 0.2) is 42.6 Å². The normalized spacial score (nSPS) is 14.9. The molecule has 3 aromatic heterocycles. The van der Waals surface area contributed by atoms with Gasteiger partial charge < -0.3 is 9.64 Å². The Bertz CT molecular complexity index is 1120. The molecule has 0 saturated carbocycles. The number of hydrogen-bond acceptors (Lipinski definition) is 6. The molecule has 136 valence electrons. The molecule has 7 nitrogen and oxygen atoms in total. The molecule has 5 rings (SSSR count). The van der Waals surface area contributed by atoms with Crippen LogP contribution in [-0.2, 0) is 11.2 Å². The van der Waals surface area contributed by atoms with Gasteiger partial charge in [0.25, 0.3) is 0 Å². The van der Waals surface area contributed by atoms with Gasteiger partial charge in [0, 0.05) is 31.1 Å². The average Bonchev–Trinajstić information content (AvgIpc) is 3.11. The molecular formula is C20H20N6O. The van der Waals surface area contributed by atoms with E-state index in [1.165, 1.54) is 11.3 Å². The second-order valence-electron chi connectivity index (χ2n) is 6.81. The molecule has 0 aliphatic carbocycles. The number of morpholine rings is 1. The number of hydrogen-bond donors (Lipinski definition) is 0. The molecule has 1 aliphatic rings. The number of benzene rings is 1. The van der Waals surface area contributed by atoms with Crippen molar-refractivity contribution >= 4 is 22.2 Å². The molecule has 0 N–H and O–H groups in total. The van der Waals surface area contributed by atoms with E-state index in [0.29, 0.717) is 6.42 Å². The van der Waals surface area contributed by atoms with Crippen molar-refractivity contribution in [2.24, 2.45) is 0 Å². The van der Waals surface area contributed by atoms with Crippen molar-refractivity contribution in [1.29, 1.82) is 0 Å². The first-order valence-electron chi connectivity index (χ1n) is 9.16. The lowest BCUT2D eigenvalue weighted by atomic mass is 10.1. The minimum absolute atomic E-state index is 0.675.